The summed E-state index contributed by atoms with van der Waals surface area (Å²) in [7, 11) is 0. The van der Waals surface area contributed by atoms with E-state index in [0.717, 1.165) is 22.9 Å². The van der Waals surface area contributed by atoms with Gasteiger partial charge in [-0.2, -0.15) is 13.2 Å². The Bertz CT molecular complexity index is 1590. The first kappa shape index (κ1) is 20.6. The van der Waals surface area contributed by atoms with Crippen molar-refractivity contribution in [2.45, 2.75) is 6.18 Å². The molecule has 0 saturated carbocycles. The molecule has 0 spiro atoms. The number of fused-ring (bicyclic) bond motifs is 3. The van der Waals surface area contributed by atoms with Gasteiger partial charge in [0, 0.05) is 22.8 Å². The van der Waals surface area contributed by atoms with Crippen LogP contribution >= 0.6 is 11.3 Å². The largest absolute Gasteiger partial charge is 0.437 e. The Morgan fingerprint density at radius 2 is 1.47 bits per heavy atom. The van der Waals surface area contributed by atoms with Gasteiger partial charge in [0.25, 0.3) is 0 Å². The maximum Gasteiger partial charge on any atom is 0.416 e. The standard InChI is InChI=1S/C26H12F3NO3S/c27-26(28,29)16-7-5-13(6-8-16)25-30-24-21(34-25)12-17(33-24)11-20-22(31)18-9-14-3-1-2-4-15(14)10-19(18)23(20)32/h1-12H. The number of nitrogens with zero attached hydrogens (tertiary/aromatic N) is 1. The van der Waals surface area contributed by atoms with Crippen molar-refractivity contribution in [3.63, 3.8) is 0 Å². The Kier molecular flexibility index (Phi) is 4.37. The Morgan fingerprint density at radius 1 is 0.853 bits per heavy atom. The van der Waals surface area contributed by atoms with Crippen LogP contribution in [0.4, 0.5) is 13.2 Å². The molecule has 34 heavy (non-hydrogen) atoms. The summed E-state index contributed by atoms with van der Waals surface area (Å²) in [5.41, 5.74) is 0.845. The molecular weight excluding hydrogens is 463 g/mol. The van der Waals surface area contributed by atoms with Gasteiger partial charge in [0.1, 0.15) is 10.8 Å². The zero-order valence-corrected chi connectivity index (χ0v) is 18.0. The average Bonchev–Trinajstić information content (AvgIpc) is 3.45. The molecule has 0 unspecified atom stereocenters. The van der Waals surface area contributed by atoms with Gasteiger partial charge in [-0.15, -0.1) is 11.3 Å². The third kappa shape index (κ3) is 3.26. The zero-order chi connectivity index (χ0) is 23.6. The van der Waals surface area contributed by atoms with Crippen molar-refractivity contribution >= 4 is 50.2 Å². The summed E-state index contributed by atoms with van der Waals surface area (Å²) in [6.45, 7) is 0. The molecule has 1 aliphatic rings. The monoisotopic (exact) mass is 475 g/mol. The van der Waals surface area contributed by atoms with Gasteiger partial charge in [-0.3, -0.25) is 9.59 Å². The second-order valence-corrected chi connectivity index (χ2v) is 8.90. The number of ketones is 2. The van der Waals surface area contributed by atoms with Crippen molar-refractivity contribution in [3.05, 3.63) is 94.8 Å². The Labute approximate surface area is 194 Å². The Morgan fingerprint density at radius 3 is 2.03 bits per heavy atom. The summed E-state index contributed by atoms with van der Waals surface area (Å²) in [6.07, 6.45) is -2.99. The van der Waals surface area contributed by atoms with Crippen molar-refractivity contribution in [3.8, 4) is 10.6 Å². The molecule has 2 aromatic heterocycles. The topological polar surface area (TPSA) is 60.2 Å². The molecule has 3 aromatic carbocycles. The van der Waals surface area contributed by atoms with E-state index in [1.54, 1.807) is 18.2 Å². The molecule has 166 valence electrons. The highest BCUT2D eigenvalue weighted by molar-refractivity contribution is 7.21. The van der Waals surface area contributed by atoms with E-state index in [1.807, 2.05) is 24.3 Å². The number of hydrogen-bond donors (Lipinski definition) is 0. The molecule has 0 saturated heterocycles. The molecule has 0 N–H and O–H groups in total. The molecule has 6 rings (SSSR count). The van der Waals surface area contributed by atoms with Crippen LogP contribution in [0.5, 0.6) is 0 Å². The fraction of sp³-hybridized carbons (Fsp3) is 0.0385. The molecule has 0 amide bonds. The van der Waals surface area contributed by atoms with Crippen LogP contribution in [0.15, 0.2) is 76.7 Å². The lowest BCUT2D eigenvalue weighted by Crippen LogP contribution is -2.03. The van der Waals surface area contributed by atoms with Gasteiger partial charge in [0.2, 0.25) is 5.71 Å². The normalized spacial score (nSPS) is 13.8. The van der Waals surface area contributed by atoms with Crippen molar-refractivity contribution in [1.29, 1.82) is 0 Å². The third-order valence-corrected chi connectivity index (χ3v) is 6.75. The highest BCUT2D eigenvalue weighted by atomic mass is 32.1. The number of thiazole rings is 1. The lowest BCUT2D eigenvalue weighted by atomic mass is 10.0. The Hall–Kier alpha value is -4.04. The molecule has 0 atom stereocenters. The van der Waals surface area contributed by atoms with Crippen molar-refractivity contribution in [2.24, 2.45) is 0 Å². The van der Waals surface area contributed by atoms with Crippen LogP contribution in [0.2, 0.25) is 0 Å². The Balaban J connectivity index is 1.32. The number of benzene rings is 3. The summed E-state index contributed by atoms with van der Waals surface area (Å²) in [5.74, 6) is -0.408. The summed E-state index contributed by atoms with van der Waals surface area (Å²) in [4.78, 5) is 30.2. The van der Waals surface area contributed by atoms with Gasteiger partial charge in [-0.05, 0) is 41.1 Å². The first-order chi connectivity index (χ1) is 16.3. The predicted molar refractivity (Wildman–Crippen MR) is 123 cm³/mol. The van der Waals surface area contributed by atoms with E-state index >= 15 is 0 Å². The number of carbonyl (C=O) groups excluding carboxylic acids is 2. The molecule has 0 aliphatic heterocycles. The third-order valence-electron chi connectivity index (χ3n) is 5.72. The van der Waals surface area contributed by atoms with E-state index in [9.17, 15) is 22.8 Å². The van der Waals surface area contributed by atoms with E-state index in [4.69, 9.17) is 4.42 Å². The highest BCUT2D eigenvalue weighted by Crippen LogP contribution is 2.36. The number of Topliss-reactive ketones (excluding diaryl/α,β-unsaturated/α-hetero) is 2. The van der Waals surface area contributed by atoms with E-state index in [2.05, 4.69) is 4.98 Å². The van der Waals surface area contributed by atoms with Crippen LogP contribution in [0.25, 0.3) is 37.8 Å². The summed E-state index contributed by atoms with van der Waals surface area (Å²) < 4.78 is 44.7. The van der Waals surface area contributed by atoms with Crippen LogP contribution < -0.4 is 0 Å². The maximum atomic E-state index is 12.9. The SMILES string of the molecule is O=C1C(=Cc2cc3sc(-c4ccc(C(F)(F)F)cc4)nc3o2)C(=O)c2cc3ccccc3cc21. The zero-order valence-electron chi connectivity index (χ0n) is 17.1. The van der Waals surface area contributed by atoms with Crippen LogP contribution in [-0.4, -0.2) is 16.6 Å². The first-order valence-electron chi connectivity index (χ1n) is 10.2. The van der Waals surface area contributed by atoms with Crippen molar-refractivity contribution < 1.29 is 27.2 Å². The number of carbonyl (C=O) groups is 2. The van der Waals surface area contributed by atoms with Gasteiger partial charge in [0.05, 0.1) is 15.8 Å². The second-order valence-electron chi connectivity index (χ2n) is 7.87. The van der Waals surface area contributed by atoms with E-state index in [0.29, 0.717) is 32.2 Å². The van der Waals surface area contributed by atoms with Crippen LogP contribution in [-0.2, 0) is 6.18 Å². The molecule has 8 heteroatoms. The van der Waals surface area contributed by atoms with Crippen LogP contribution in [0, 0.1) is 0 Å². The van der Waals surface area contributed by atoms with Gasteiger partial charge in [-0.25, -0.2) is 4.98 Å². The van der Waals surface area contributed by atoms with E-state index < -0.39 is 11.7 Å². The molecule has 0 radical (unpaired) electrons. The summed E-state index contributed by atoms with van der Waals surface area (Å²) in [5, 5.41) is 2.26. The minimum Gasteiger partial charge on any atom is -0.437 e. The van der Waals surface area contributed by atoms with Crippen molar-refractivity contribution in [2.75, 3.05) is 0 Å². The molecule has 1 aliphatic carbocycles. The van der Waals surface area contributed by atoms with Gasteiger partial charge in [-0.1, -0.05) is 36.4 Å². The summed E-state index contributed by atoms with van der Waals surface area (Å²) >= 11 is 1.25. The number of allylic oxidation sites excluding steroid dienone is 1. The average molecular weight is 475 g/mol. The van der Waals surface area contributed by atoms with Crippen LogP contribution in [0.1, 0.15) is 32.0 Å². The summed E-state index contributed by atoms with van der Waals surface area (Å²) in [6, 6.07) is 17.4. The lowest BCUT2D eigenvalue weighted by Gasteiger charge is -2.06. The van der Waals surface area contributed by atoms with Gasteiger partial charge in [0.15, 0.2) is 11.6 Å². The number of furan rings is 1. The molecule has 0 bridgehead atoms. The van der Waals surface area contributed by atoms with Crippen LogP contribution in [0.3, 0.4) is 0 Å². The fourth-order valence-electron chi connectivity index (χ4n) is 4.03. The molecular formula is C26H12F3NO3S. The lowest BCUT2D eigenvalue weighted by molar-refractivity contribution is -0.137. The fourth-order valence-corrected chi connectivity index (χ4v) is 4.97. The molecule has 2 heterocycles. The highest BCUT2D eigenvalue weighted by Gasteiger charge is 2.34. The first-order valence-corrected chi connectivity index (χ1v) is 11.0. The number of hydrogen-bond acceptors (Lipinski definition) is 5. The van der Waals surface area contributed by atoms with Gasteiger partial charge >= 0.3 is 6.18 Å². The smallest absolute Gasteiger partial charge is 0.416 e. The molecule has 4 nitrogen and oxygen atoms in total. The second kappa shape index (κ2) is 7.23. The quantitative estimate of drug-likeness (QED) is 0.200. The van der Waals surface area contributed by atoms with Gasteiger partial charge < -0.3 is 4.42 Å². The molecule has 0 fully saturated rings. The number of aromatic nitrogens is 1. The maximum absolute atomic E-state index is 12.9. The van der Waals surface area contributed by atoms with E-state index in [1.165, 1.54) is 29.5 Å². The minimum absolute atomic E-state index is 0.0228. The predicted octanol–water partition coefficient (Wildman–Crippen LogP) is 7.19. The minimum atomic E-state index is -4.40. The number of rotatable bonds is 2. The molecule has 5 aromatic rings. The number of halogens is 3. The van der Waals surface area contributed by atoms with E-state index in [-0.39, 0.29) is 22.9 Å². The van der Waals surface area contributed by atoms with Crippen molar-refractivity contribution in [1.82, 2.24) is 4.98 Å². The number of alkyl halides is 3.